The molecule has 120 valence electrons. The van der Waals surface area contributed by atoms with Crippen molar-refractivity contribution in [3.63, 3.8) is 0 Å². The highest BCUT2D eigenvalue weighted by Crippen LogP contribution is 2.21. The Morgan fingerprint density at radius 2 is 1.67 bits per heavy atom. The molecule has 2 heterocycles. The molecule has 0 spiro atoms. The van der Waals surface area contributed by atoms with Gasteiger partial charge in [-0.25, -0.2) is 0 Å². The van der Waals surface area contributed by atoms with Gasteiger partial charge in [0.2, 0.25) is 0 Å². The van der Waals surface area contributed by atoms with Gasteiger partial charge in [-0.3, -0.25) is 9.78 Å². The molecule has 1 aliphatic heterocycles. The third-order valence-electron chi connectivity index (χ3n) is 4.60. The van der Waals surface area contributed by atoms with Gasteiger partial charge in [0.15, 0.2) is 0 Å². The van der Waals surface area contributed by atoms with E-state index in [4.69, 9.17) is 0 Å². The molecule has 0 N–H and O–H groups in total. The summed E-state index contributed by atoms with van der Waals surface area (Å²) >= 11 is 0. The van der Waals surface area contributed by atoms with Crippen molar-refractivity contribution in [1.29, 1.82) is 0 Å². The smallest absolute Gasteiger partial charge is 0.254 e. The number of piperazine rings is 1. The number of para-hydroxylation sites is 1. The molecule has 0 aliphatic carbocycles. The number of amides is 1. The van der Waals surface area contributed by atoms with Crippen LogP contribution in [0, 0.1) is 0 Å². The van der Waals surface area contributed by atoms with E-state index in [1.807, 2.05) is 35.2 Å². The van der Waals surface area contributed by atoms with Crippen LogP contribution in [0.2, 0.25) is 0 Å². The van der Waals surface area contributed by atoms with Crippen LogP contribution in [0.4, 0.5) is 5.69 Å². The van der Waals surface area contributed by atoms with Crippen LogP contribution < -0.4 is 4.90 Å². The molecule has 0 unspecified atom stereocenters. The van der Waals surface area contributed by atoms with E-state index in [1.54, 1.807) is 12.4 Å². The summed E-state index contributed by atoms with van der Waals surface area (Å²) in [7, 11) is 0. The molecule has 0 bridgehead atoms. The summed E-state index contributed by atoms with van der Waals surface area (Å²) in [5, 5.41) is 1.98. The summed E-state index contributed by atoms with van der Waals surface area (Å²) in [6.45, 7) is 3.20. The Kier molecular flexibility index (Phi) is 3.87. The Labute approximate surface area is 141 Å². The summed E-state index contributed by atoms with van der Waals surface area (Å²) < 4.78 is 0. The zero-order valence-corrected chi connectivity index (χ0v) is 13.4. The van der Waals surface area contributed by atoms with Crippen LogP contribution in [-0.2, 0) is 0 Å². The predicted molar refractivity (Wildman–Crippen MR) is 96.3 cm³/mol. The molecule has 4 rings (SSSR count). The molecule has 24 heavy (non-hydrogen) atoms. The fourth-order valence-electron chi connectivity index (χ4n) is 3.28. The second-order valence-corrected chi connectivity index (χ2v) is 6.02. The Morgan fingerprint density at radius 1 is 0.875 bits per heavy atom. The van der Waals surface area contributed by atoms with E-state index in [1.165, 1.54) is 5.69 Å². The summed E-state index contributed by atoms with van der Waals surface area (Å²) in [5.41, 5.74) is 1.97. The first-order chi connectivity index (χ1) is 11.8. The van der Waals surface area contributed by atoms with Crippen molar-refractivity contribution in [2.24, 2.45) is 0 Å². The van der Waals surface area contributed by atoms with Crippen molar-refractivity contribution in [2.75, 3.05) is 31.1 Å². The standard InChI is InChI=1S/C20H19N3O/c24-20(18-8-4-5-16-9-10-21-15-19(16)18)23-13-11-22(12-14-23)17-6-2-1-3-7-17/h1-10,15H,11-14H2. The lowest BCUT2D eigenvalue weighted by Gasteiger charge is -2.36. The Hall–Kier alpha value is -2.88. The maximum absolute atomic E-state index is 12.9. The number of rotatable bonds is 2. The fraction of sp³-hybridized carbons (Fsp3) is 0.200. The fourth-order valence-corrected chi connectivity index (χ4v) is 3.28. The zero-order chi connectivity index (χ0) is 16.4. The highest BCUT2D eigenvalue weighted by atomic mass is 16.2. The number of fused-ring (bicyclic) bond motifs is 1. The van der Waals surface area contributed by atoms with Crippen molar-refractivity contribution in [2.45, 2.75) is 0 Å². The first kappa shape index (κ1) is 14.7. The first-order valence-corrected chi connectivity index (χ1v) is 8.25. The quantitative estimate of drug-likeness (QED) is 0.728. The molecule has 4 heteroatoms. The van der Waals surface area contributed by atoms with Crippen LogP contribution in [0.3, 0.4) is 0 Å². The maximum atomic E-state index is 12.9. The van der Waals surface area contributed by atoms with Crippen LogP contribution in [0.1, 0.15) is 10.4 Å². The number of carbonyl (C=O) groups is 1. The Morgan fingerprint density at radius 3 is 2.46 bits per heavy atom. The highest BCUT2D eigenvalue weighted by Gasteiger charge is 2.23. The average Bonchev–Trinajstić information content (AvgIpc) is 2.68. The van der Waals surface area contributed by atoms with Gasteiger partial charge < -0.3 is 9.80 Å². The molecule has 1 aromatic heterocycles. The van der Waals surface area contributed by atoms with Crippen molar-refractivity contribution < 1.29 is 4.79 Å². The minimum absolute atomic E-state index is 0.0984. The highest BCUT2D eigenvalue weighted by molar-refractivity contribution is 6.06. The van der Waals surface area contributed by atoms with Gasteiger partial charge in [-0.15, -0.1) is 0 Å². The molecule has 0 saturated carbocycles. The third kappa shape index (κ3) is 2.71. The SMILES string of the molecule is O=C(c1cccc2ccncc12)N1CCN(c2ccccc2)CC1. The van der Waals surface area contributed by atoms with E-state index in [0.717, 1.165) is 42.5 Å². The van der Waals surface area contributed by atoms with E-state index in [0.29, 0.717) is 0 Å². The number of carbonyl (C=O) groups excluding carboxylic acids is 1. The first-order valence-electron chi connectivity index (χ1n) is 8.25. The van der Waals surface area contributed by atoms with E-state index < -0.39 is 0 Å². The number of hydrogen-bond donors (Lipinski definition) is 0. The number of anilines is 1. The summed E-state index contributed by atoms with van der Waals surface area (Å²) in [4.78, 5) is 21.4. The molecule has 4 nitrogen and oxygen atoms in total. The molecule has 1 fully saturated rings. The lowest BCUT2D eigenvalue weighted by Crippen LogP contribution is -2.48. The third-order valence-corrected chi connectivity index (χ3v) is 4.60. The normalized spacial score (nSPS) is 14.8. The molecule has 1 aliphatic rings. The van der Waals surface area contributed by atoms with Crippen molar-refractivity contribution in [3.05, 3.63) is 72.6 Å². The van der Waals surface area contributed by atoms with Gasteiger partial charge in [0.25, 0.3) is 5.91 Å². The predicted octanol–water partition coefficient (Wildman–Crippen LogP) is 3.20. The van der Waals surface area contributed by atoms with Crippen molar-refractivity contribution in [3.8, 4) is 0 Å². The number of benzene rings is 2. The van der Waals surface area contributed by atoms with Gasteiger partial charge in [0.1, 0.15) is 0 Å². The van der Waals surface area contributed by atoms with Crippen LogP contribution in [0.15, 0.2) is 67.0 Å². The van der Waals surface area contributed by atoms with Gasteiger partial charge in [0.05, 0.1) is 0 Å². The summed E-state index contributed by atoms with van der Waals surface area (Å²) in [6.07, 6.45) is 3.54. The van der Waals surface area contributed by atoms with Gasteiger partial charge in [-0.2, -0.15) is 0 Å². The Balaban J connectivity index is 1.52. The van der Waals surface area contributed by atoms with E-state index in [2.05, 4.69) is 34.1 Å². The van der Waals surface area contributed by atoms with Crippen molar-refractivity contribution >= 4 is 22.4 Å². The van der Waals surface area contributed by atoms with Crippen LogP contribution >= 0.6 is 0 Å². The molecule has 0 radical (unpaired) electrons. The lowest BCUT2D eigenvalue weighted by molar-refractivity contribution is 0.0749. The van der Waals surface area contributed by atoms with Crippen molar-refractivity contribution in [1.82, 2.24) is 9.88 Å². The lowest BCUT2D eigenvalue weighted by atomic mass is 10.1. The second-order valence-electron chi connectivity index (χ2n) is 6.02. The molecule has 0 atom stereocenters. The number of nitrogens with zero attached hydrogens (tertiary/aromatic N) is 3. The second kappa shape index (κ2) is 6.32. The molecule has 2 aromatic carbocycles. The van der Waals surface area contributed by atoms with Gasteiger partial charge in [-0.1, -0.05) is 30.3 Å². The van der Waals surface area contributed by atoms with Gasteiger partial charge in [-0.05, 0) is 29.7 Å². The number of pyridine rings is 1. The molecular formula is C20H19N3O. The van der Waals surface area contributed by atoms with Gasteiger partial charge >= 0.3 is 0 Å². The van der Waals surface area contributed by atoms with E-state index in [-0.39, 0.29) is 5.91 Å². The van der Waals surface area contributed by atoms with Crippen LogP contribution in [-0.4, -0.2) is 42.0 Å². The zero-order valence-electron chi connectivity index (χ0n) is 13.4. The Bertz CT molecular complexity index is 850. The van der Waals surface area contributed by atoms with Crippen LogP contribution in [0.25, 0.3) is 10.8 Å². The summed E-state index contributed by atoms with van der Waals surface area (Å²) in [6, 6.07) is 18.2. The average molecular weight is 317 g/mol. The van der Waals surface area contributed by atoms with Crippen LogP contribution in [0.5, 0.6) is 0 Å². The molecule has 3 aromatic rings. The largest absolute Gasteiger partial charge is 0.368 e. The summed E-state index contributed by atoms with van der Waals surface area (Å²) in [5.74, 6) is 0.0984. The van der Waals surface area contributed by atoms with E-state index >= 15 is 0 Å². The van der Waals surface area contributed by atoms with Gasteiger partial charge in [0, 0.05) is 55.2 Å². The number of aromatic nitrogens is 1. The topological polar surface area (TPSA) is 36.4 Å². The minimum atomic E-state index is 0.0984. The number of hydrogen-bond acceptors (Lipinski definition) is 3. The monoisotopic (exact) mass is 317 g/mol. The molecule has 1 amide bonds. The maximum Gasteiger partial charge on any atom is 0.254 e. The molecule has 1 saturated heterocycles. The minimum Gasteiger partial charge on any atom is -0.368 e. The molecular weight excluding hydrogens is 298 g/mol. The van der Waals surface area contributed by atoms with E-state index in [9.17, 15) is 4.79 Å².